The SMILES string of the molecule is CC(C)(C)OC(=O)N1[C@H]2CC[C@H]1CC(OC1CCC(Oc3ccncc3)CC1)C2. The molecule has 3 aliphatic rings. The van der Waals surface area contributed by atoms with Gasteiger partial charge in [-0.1, -0.05) is 0 Å². The van der Waals surface area contributed by atoms with Crippen LogP contribution in [0.15, 0.2) is 24.5 Å². The van der Waals surface area contributed by atoms with Gasteiger partial charge in [0.25, 0.3) is 0 Å². The lowest BCUT2D eigenvalue weighted by Gasteiger charge is -2.41. The highest BCUT2D eigenvalue weighted by molar-refractivity contribution is 5.69. The lowest BCUT2D eigenvalue weighted by atomic mass is 9.93. The lowest BCUT2D eigenvalue weighted by Crippen LogP contribution is -2.50. The minimum atomic E-state index is -0.444. The molecule has 6 nitrogen and oxygen atoms in total. The van der Waals surface area contributed by atoms with Crippen LogP contribution in [0.5, 0.6) is 5.75 Å². The van der Waals surface area contributed by atoms with E-state index in [9.17, 15) is 4.79 Å². The van der Waals surface area contributed by atoms with E-state index >= 15 is 0 Å². The van der Waals surface area contributed by atoms with Gasteiger partial charge in [0.05, 0.1) is 18.3 Å². The molecule has 1 amide bonds. The topological polar surface area (TPSA) is 60.9 Å². The van der Waals surface area contributed by atoms with Crippen LogP contribution in [-0.4, -0.2) is 52.0 Å². The normalized spacial score (nSPS) is 32.1. The van der Waals surface area contributed by atoms with E-state index in [1.807, 2.05) is 37.8 Å². The van der Waals surface area contributed by atoms with Crippen molar-refractivity contribution in [3.05, 3.63) is 24.5 Å². The van der Waals surface area contributed by atoms with E-state index < -0.39 is 5.60 Å². The van der Waals surface area contributed by atoms with Crippen molar-refractivity contribution in [2.75, 3.05) is 0 Å². The highest BCUT2D eigenvalue weighted by Gasteiger charge is 2.45. The lowest BCUT2D eigenvalue weighted by molar-refractivity contribution is -0.0812. The fourth-order valence-electron chi connectivity index (χ4n) is 5.02. The number of pyridine rings is 1. The maximum absolute atomic E-state index is 12.6. The summed E-state index contributed by atoms with van der Waals surface area (Å²) in [6, 6.07) is 4.35. The predicted octanol–water partition coefficient (Wildman–Crippen LogP) is 4.72. The van der Waals surface area contributed by atoms with E-state index in [2.05, 4.69) is 4.98 Å². The molecular weight excluding hydrogens is 368 g/mol. The van der Waals surface area contributed by atoms with Gasteiger partial charge in [0, 0.05) is 24.5 Å². The standard InChI is InChI=1S/C23H34N2O4/c1-23(2,3)29-22(26)25-16-4-5-17(25)15-21(14-16)28-19-8-6-18(7-9-19)27-20-10-12-24-13-11-20/h10-13,16-19,21H,4-9,14-15H2,1-3H3/t16-,17-,18?,19?/m0/s1. The van der Waals surface area contributed by atoms with Crippen LogP contribution in [0.1, 0.15) is 72.1 Å². The molecule has 3 heterocycles. The van der Waals surface area contributed by atoms with Crippen molar-refractivity contribution < 1.29 is 19.0 Å². The summed E-state index contributed by atoms with van der Waals surface area (Å²) in [5.74, 6) is 0.899. The van der Waals surface area contributed by atoms with Gasteiger partial charge in [-0.2, -0.15) is 0 Å². The van der Waals surface area contributed by atoms with Gasteiger partial charge in [-0.3, -0.25) is 4.98 Å². The Bertz CT molecular complexity index is 668. The summed E-state index contributed by atoms with van der Waals surface area (Å²) in [6.45, 7) is 5.78. The quantitative estimate of drug-likeness (QED) is 0.729. The zero-order chi connectivity index (χ0) is 20.4. The molecule has 4 rings (SSSR count). The van der Waals surface area contributed by atoms with Gasteiger partial charge in [0.2, 0.25) is 0 Å². The summed E-state index contributed by atoms with van der Waals surface area (Å²) >= 11 is 0. The fraction of sp³-hybridized carbons (Fsp3) is 0.739. The number of amides is 1. The van der Waals surface area contributed by atoms with Crippen LogP contribution in [0.3, 0.4) is 0 Å². The number of hydrogen-bond acceptors (Lipinski definition) is 5. The number of carbonyl (C=O) groups excluding carboxylic acids is 1. The first-order valence-corrected chi connectivity index (χ1v) is 11.1. The fourth-order valence-corrected chi connectivity index (χ4v) is 5.02. The second-order valence-corrected chi connectivity index (χ2v) is 9.70. The summed E-state index contributed by atoms with van der Waals surface area (Å²) < 4.78 is 18.2. The zero-order valence-corrected chi connectivity index (χ0v) is 17.9. The first-order valence-electron chi connectivity index (χ1n) is 11.1. The van der Waals surface area contributed by atoms with Gasteiger partial charge in [-0.15, -0.1) is 0 Å². The van der Waals surface area contributed by atoms with Gasteiger partial charge in [0.15, 0.2) is 0 Å². The first-order chi connectivity index (χ1) is 13.9. The molecule has 1 aliphatic carbocycles. The van der Waals surface area contributed by atoms with Crippen LogP contribution >= 0.6 is 0 Å². The number of piperidine rings is 1. The molecule has 2 aliphatic heterocycles. The van der Waals surface area contributed by atoms with Crippen molar-refractivity contribution in [1.29, 1.82) is 0 Å². The predicted molar refractivity (Wildman–Crippen MR) is 110 cm³/mol. The number of fused-ring (bicyclic) bond motifs is 2. The number of aromatic nitrogens is 1. The van der Waals surface area contributed by atoms with Crippen LogP contribution in [0, 0.1) is 0 Å². The number of carbonyl (C=O) groups is 1. The summed E-state index contributed by atoms with van der Waals surface area (Å²) in [4.78, 5) is 18.6. The summed E-state index contributed by atoms with van der Waals surface area (Å²) in [6.07, 6.45) is 12.3. The van der Waals surface area contributed by atoms with Crippen molar-refractivity contribution >= 4 is 6.09 Å². The molecule has 3 fully saturated rings. The highest BCUT2D eigenvalue weighted by atomic mass is 16.6. The molecule has 2 saturated heterocycles. The molecule has 0 unspecified atom stereocenters. The van der Waals surface area contributed by atoms with Crippen LogP contribution in [0.4, 0.5) is 4.79 Å². The Morgan fingerprint density at radius 3 is 2.10 bits per heavy atom. The Labute approximate surface area is 173 Å². The van der Waals surface area contributed by atoms with Crippen LogP contribution in [0.25, 0.3) is 0 Å². The van der Waals surface area contributed by atoms with Crippen molar-refractivity contribution in [3.63, 3.8) is 0 Å². The van der Waals surface area contributed by atoms with Gasteiger partial charge in [0.1, 0.15) is 11.4 Å². The Morgan fingerprint density at radius 1 is 0.931 bits per heavy atom. The number of rotatable bonds is 4. The molecule has 0 spiro atoms. The molecule has 1 aromatic rings. The Morgan fingerprint density at radius 2 is 1.52 bits per heavy atom. The van der Waals surface area contributed by atoms with E-state index in [0.717, 1.165) is 57.1 Å². The molecule has 1 saturated carbocycles. The van der Waals surface area contributed by atoms with Crippen molar-refractivity contribution in [2.24, 2.45) is 0 Å². The molecule has 2 bridgehead atoms. The third kappa shape index (κ3) is 5.21. The molecule has 2 atom stereocenters. The molecule has 0 radical (unpaired) electrons. The molecule has 0 aromatic carbocycles. The Kier molecular flexibility index (Phi) is 6.00. The zero-order valence-electron chi connectivity index (χ0n) is 17.9. The molecule has 6 heteroatoms. The van der Waals surface area contributed by atoms with E-state index in [-0.39, 0.29) is 30.4 Å². The maximum Gasteiger partial charge on any atom is 0.410 e. The van der Waals surface area contributed by atoms with Gasteiger partial charge in [-0.25, -0.2) is 4.79 Å². The summed E-state index contributed by atoms with van der Waals surface area (Å²) in [5, 5.41) is 0. The smallest absolute Gasteiger partial charge is 0.410 e. The van der Waals surface area contributed by atoms with Gasteiger partial charge in [-0.05, 0) is 84.3 Å². The molecule has 1 aromatic heterocycles. The molecular formula is C23H34N2O4. The third-order valence-corrected chi connectivity index (χ3v) is 6.25. The molecule has 160 valence electrons. The van der Waals surface area contributed by atoms with Crippen LogP contribution in [0.2, 0.25) is 0 Å². The largest absolute Gasteiger partial charge is 0.490 e. The minimum absolute atomic E-state index is 0.155. The van der Waals surface area contributed by atoms with Gasteiger partial charge >= 0.3 is 6.09 Å². The van der Waals surface area contributed by atoms with Crippen molar-refractivity contribution in [2.45, 2.75) is 108 Å². The second kappa shape index (κ2) is 8.50. The van der Waals surface area contributed by atoms with Crippen molar-refractivity contribution in [3.8, 4) is 5.75 Å². The Balaban J connectivity index is 1.24. The average Bonchev–Trinajstić information content (AvgIpc) is 2.94. The molecule has 0 N–H and O–H groups in total. The van der Waals surface area contributed by atoms with Crippen LogP contribution < -0.4 is 4.74 Å². The van der Waals surface area contributed by atoms with E-state index in [4.69, 9.17) is 14.2 Å². The number of nitrogens with zero attached hydrogens (tertiary/aromatic N) is 2. The minimum Gasteiger partial charge on any atom is -0.490 e. The number of ether oxygens (including phenoxy) is 3. The number of hydrogen-bond donors (Lipinski definition) is 0. The summed E-state index contributed by atoms with van der Waals surface area (Å²) in [5.41, 5.74) is -0.444. The van der Waals surface area contributed by atoms with E-state index in [1.165, 1.54) is 0 Å². The van der Waals surface area contributed by atoms with Crippen LogP contribution in [-0.2, 0) is 9.47 Å². The molecule has 29 heavy (non-hydrogen) atoms. The second-order valence-electron chi connectivity index (χ2n) is 9.70. The average molecular weight is 403 g/mol. The first kappa shape index (κ1) is 20.5. The summed E-state index contributed by atoms with van der Waals surface area (Å²) in [7, 11) is 0. The van der Waals surface area contributed by atoms with E-state index in [0.29, 0.717) is 6.10 Å². The third-order valence-electron chi connectivity index (χ3n) is 6.25. The van der Waals surface area contributed by atoms with E-state index in [1.54, 1.807) is 12.4 Å². The van der Waals surface area contributed by atoms with Crippen molar-refractivity contribution in [1.82, 2.24) is 9.88 Å². The monoisotopic (exact) mass is 402 g/mol. The van der Waals surface area contributed by atoms with Gasteiger partial charge < -0.3 is 19.1 Å². The highest BCUT2D eigenvalue weighted by Crippen LogP contribution is 2.39. The Hall–Kier alpha value is -1.82. The maximum atomic E-state index is 12.6.